The minimum atomic E-state index is 0.0923. The number of fused-ring (bicyclic) bond motifs is 5. The van der Waals surface area contributed by atoms with Crippen LogP contribution >= 0.6 is 11.3 Å². The van der Waals surface area contributed by atoms with E-state index >= 15 is 0 Å². The van der Waals surface area contributed by atoms with Gasteiger partial charge in [0.25, 0.3) is 5.56 Å². The molecule has 6 heteroatoms. The molecule has 0 amide bonds. The first-order valence-corrected chi connectivity index (χ1v) is 9.10. The van der Waals surface area contributed by atoms with Crippen LogP contribution in [-0.2, 0) is 19.4 Å². The average Bonchev–Trinajstić information content (AvgIpc) is 3.09. The summed E-state index contributed by atoms with van der Waals surface area (Å²) in [4.78, 5) is 15.4. The van der Waals surface area contributed by atoms with Gasteiger partial charge in [0.1, 0.15) is 11.2 Å². The standard InChI is InChI=1S/C17H22N4OS/c1-5-20-14(22)13-11-7-6-10(17(2,3)4)8-12(11)23-15(13)21-9-18-19-16(20)21/h9-10H,5-8H2,1-4H3. The third-order valence-corrected chi connectivity index (χ3v) is 6.49. The van der Waals surface area contributed by atoms with Crippen molar-refractivity contribution in [2.45, 2.75) is 53.5 Å². The molecule has 0 aliphatic heterocycles. The van der Waals surface area contributed by atoms with Crippen molar-refractivity contribution >= 4 is 27.3 Å². The summed E-state index contributed by atoms with van der Waals surface area (Å²) < 4.78 is 3.72. The lowest BCUT2D eigenvalue weighted by atomic mass is 9.72. The van der Waals surface area contributed by atoms with E-state index in [1.807, 2.05) is 11.3 Å². The zero-order chi connectivity index (χ0) is 16.4. The van der Waals surface area contributed by atoms with Crippen LogP contribution in [0, 0.1) is 11.3 Å². The molecule has 0 radical (unpaired) electrons. The number of aromatic nitrogens is 4. The first-order valence-electron chi connectivity index (χ1n) is 8.28. The molecule has 0 spiro atoms. The van der Waals surface area contributed by atoms with Crippen molar-refractivity contribution in [3.63, 3.8) is 0 Å². The molecule has 122 valence electrons. The van der Waals surface area contributed by atoms with Crippen molar-refractivity contribution < 1.29 is 0 Å². The van der Waals surface area contributed by atoms with Gasteiger partial charge in [0.05, 0.1) is 5.39 Å². The molecular weight excluding hydrogens is 308 g/mol. The molecule has 0 aromatic carbocycles. The molecule has 1 unspecified atom stereocenters. The summed E-state index contributed by atoms with van der Waals surface area (Å²) >= 11 is 1.76. The van der Waals surface area contributed by atoms with Gasteiger partial charge in [-0.25, -0.2) is 0 Å². The molecule has 1 atom stereocenters. The minimum absolute atomic E-state index is 0.0923. The van der Waals surface area contributed by atoms with E-state index in [1.54, 1.807) is 22.2 Å². The third kappa shape index (κ3) is 2.07. The average molecular weight is 330 g/mol. The van der Waals surface area contributed by atoms with Gasteiger partial charge in [-0.3, -0.25) is 13.8 Å². The molecule has 23 heavy (non-hydrogen) atoms. The maximum atomic E-state index is 13.0. The van der Waals surface area contributed by atoms with Gasteiger partial charge in [0, 0.05) is 11.4 Å². The van der Waals surface area contributed by atoms with Crippen molar-refractivity contribution in [1.82, 2.24) is 19.2 Å². The van der Waals surface area contributed by atoms with Crippen LogP contribution in [0.15, 0.2) is 11.1 Å². The van der Waals surface area contributed by atoms with E-state index in [-0.39, 0.29) is 5.56 Å². The van der Waals surface area contributed by atoms with Crippen LogP contribution in [0.4, 0.5) is 0 Å². The lowest BCUT2D eigenvalue weighted by Gasteiger charge is -2.33. The van der Waals surface area contributed by atoms with E-state index in [1.165, 1.54) is 10.4 Å². The molecule has 1 aliphatic rings. The van der Waals surface area contributed by atoms with Gasteiger partial charge >= 0.3 is 0 Å². The molecule has 5 nitrogen and oxygen atoms in total. The Morgan fingerprint density at radius 2 is 2.17 bits per heavy atom. The summed E-state index contributed by atoms with van der Waals surface area (Å²) in [6, 6.07) is 0. The topological polar surface area (TPSA) is 52.2 Å². The fourth-order valence-corrected chi connectivity index (χ4v) is 5.15. The fraction of sp³-hybridized carbons (Fsp3) is 0.588. The maximum Gasteiger partial charge on any atom is 0.263 e. The van der Waals surface area contributed by atoms with Crippen molar-refractivity contribution in [2.24, 2.45) is 11.3 Å². The van der Waals surface area contributed by atoms with Crippen molar-refractivity contribution in [2.75, 3.05) is 0 Å². The predicted molar refractivity (Wildman–Crippen MR) is 93.3 cm³/mol. The largest absolute Gasteiger partial charge is 0.277 e. The van der Waals surface area contributed by atoms with Gasteiger partial charge in [-0.1, -0.05) is 20.8 Å². The highest BCUT2D eigenvalue weighted by atomic mass is 32.1. The predicted octanol–water partition coefficient (Wildman–Crippen LogP) is 3.28. The van der Waals surface area contributed by atoms with Gasteiger partial charge < -0.3 is 0 Å². The summed E-state index contributed by atoms with van der Waals surface area (Å²) in [5.74, 6) is 1.32. The van der Waals surface area contributed by atoms with E-state index in [9.17, 15) is 4.79 Å². The summed E-state index contributed by atoms with van der Waals surface area (Å²) in [5, 5.41) is 9.06. The van der Waals surface area contributed by atoms with Crippen LogP contribution in [0.3, 0.4) is 0 Å². The highest BCUT2D eigenvalue weighted by molar-refractivity contribution is 7.18. The SMILES string of the molecule is CCn1c(=O)c2c3c(sc2n2cnnc12)CC(C(C)(C)C)CC3. The Morgan fingerprint density at radius 1 is 1.39 bits per heavy atom. The maximum absolute atomic E-state index is 13.0. The Hall–Kier alpha value is -1.69. The zero-order valence-electron chi connectivity index (χ0n) is 14.1. The van der Waals surface area contributed by atoms with Crippen LogP contribution in [0.25, 0.3) is 16.0 Å². The molecule has 0 N–H and O–H groups in total. The number of hydrogen-bond donors (Lipinski definition) is 0. The van der Waals surface area contributed by atoms with Crippen LogP contribution < -0.4 is 5.56 Å². The van der Waals surface area contributed by atoms with Crippen LogP contribution in [0.2, 0.25) is 0 Å². The summed E-state index contributed by atoms with van der Waals surface area (Å²) in [6.45, 7) is 9.55. The summed E-state index contributed by atoms with van der Waals surface area (Å²) in [6.07, 6.45) is 4.97. The van der Waals surface area contributed by atoms with Crippen molar-refractivity contribution in [3.8, 4) is 0 Å². The molecule has 3 aromatic rings. The van der Waals surface area contributed by atoms with Crippen LogP contribution in [-0.4, -0.2) is 19.2 Å². The Kier molecular flexibility index (Phi) is 3.17. The van der Waals surface area contributed by atoms with Gasteiger partial charge in [0.15, 0.2) is 0 Å². The number of nitrogens with zero attached hydrogens (tertiary/aromatic N) is 4. The molecule has 1 aliphatic carbocycles. The van der Waals surface area contributed by atoms with E-state index in [2.05, 4.69) is 31.0 Å². The Labute approximate surface area is 139 Å². The van der Waals surface area contributed by atoms with Gasteiger partial charge in [-0.2, -0.15) is 0 Å². The smallest absolute Gasteiger partial charge is 0.263 e. The highest BCUT2D eigenvalue weighted by Crippen LogP contribution is 2.42. The summed E-state index contributed by atoms with van der Waals surface area (Å²) in [5.41, 5.74) is 1.67. The van der Waals surface area contributed by atoms with E-state index in [0.29, 0.717) is 23.7 Å². The number of thiophene rings is 1. The molecule has 3 heterocycles. The quantitative estimate of drug-likeness (QED) is 0.688. The lowest BCUT2D eigenvalue weighted by molar-refractivity contribution is 0.218. The third-order valence-electron chi connectivity index (χ3n) is 5.24. The second-order valence-corrected chi connectivity index (χ2v) is 8.62. The van der Waals surface area contributed by atoms with Gasteiger partial charge in [0.2, 0.25) is 5.78 Å². The van der Waals surface area contributed by atoms with Crippen molar-refractivity contribution in [1.29, 1.82) is 0 Å². The Bertz CT molecular complexity index is 957. The van der Waals surface area contributed by atoms with E-state index < -0.39 is 0 Å². The van der Waals surface area contributed by atoms with E-state index in [4.69, 9.17) is 0 Å². The molecule has 0 saturated heterocycles. The number of hydrogen-bond acceptors (Lipinski definition) is 4. The zero-order valence-corrected chi connectivity index (χ0v) is 14.9. The summed E-state index contributed by atoms with van der Waals surface area (Å²) in [7, 11) is 0. The normalized spacial score (nSPS) is 18.7. The van der Waals surface area contributed by atoms with Gasteiger partial charge in [-0.05, 0) is 43.1 Å². The molecule has 4 rings (SSSR count). The monoisotopic (exact) mass is 330 g/mol. The number of rotatable bonds is 1. The first-order chi connectivity index (χ1) is 10.9. The van der Waals surface area contributed by atoms with E-state index in [0.717, 1.165) is 29.5 Å². The first kappa shape index (κ1) is 14.9. The Morgan fingerprint density at radius 3 is 2.87 bits per heavy atom. The van der Waals surface area contributed by atoms with Crippen molar-refractivity contribution in [3.05, 3.63) is 27.1 Å². The molecular formula is C17H22N4OS. The second kappa shape index (κ2) is 4.90. The fourth-order valence-electron chi connectivity index (χ4n) is 3.77. The van der Waals surface area contributed by atoms with Crippen LogP contribution in [0.1, 0.15) is 44.6 Å². The highest BCUT2D eigenvalue weighted by Gasteiger charge is 2.32. The molecule has 0 bridgehead atoms. The van der Waals surface area contributed by atoms with Gasteiger partial charge in [-0.15, -0.1) is 21.5 Å². The number of aryl methyl sites for hydroxylation is 2. The molecule has 0 fully saturated rings. The Balaban J connectivity index is 2.01. The lowest BCUT2D eigenvalue weighted by Crippen LogP contribution is -2.27. The molecule has 0 saturated carbocycles. The van der Waals surface area contributed by atoms with Crippen LogP contribution in [0.5, 0.6) is 0 Å². The minimum Gasteiger partial charge on any atom is -0.277 e. The molecule has 3 aromatic heterocycles. The second-order valence-electron chi connectivity index (χ2n) is 7.54.